The number of rotatable bonds is 10. The lowest BCUT2D eigenvalue weighted by molar-refractivity contribution is 0.325. The summed E-state index contributed by atoms with van der Waals surface area (Å²) in [5.74, 6) is 1.86. The van der Waals surface area contributed by atoms with Crippen LogP contribution in [0.2, 0.25) is 0 Å². The Kier molecular flexibility index (Phi) is 11.3. The Hall–Kier alpha value is 0.480. The van der Waals surface area contributed by atoms with Crippen LogP contribution in [-0.4, -0.2) is 5.33 Å². The zero-order valence-electron chi connectivity index (χ0n) is 10.9. The Balaban J connectivity index is 3.38. The van der Waals surface area contributed by atoms with E-state index in [-0.39, 0.29) is 0 Å². The summed E-state index contributed by atoms with van der Waals surface area (Å²) in [5.41, 5.74) is 0. The van der Waals surface area contributed by atoms with Gasteiger partial charge in [0, 0.05) is 5.33 Å². The zero-order valence-corrected chi connectivity index (χ0v) is 12.5. The van der Waals surface area contributed by atoms with E-state index in [9.17, 15) is 0 Å². The van der Waals surface area contributed by atoms with E-state index in [1.165, 1.54) is 56.7 Å². The van der Waals surface area contributed by atoms with Crippen LogP contribution < -0.4 is 0 Å². The fourth-order valence-corrected chi connectivity index (χ4v) is 2.42. The Morgan fingerprint density at radius 3 is 1.80 bits per heavy atom. The van der Waals surface area contributed by atoms with Crippen molar-refractivity contribution in [3.05, 3.63) is 0 Å². The van der Waals surface area contributed by atoms with Crippen molar-refractivity contribution in [1.29, 1.82) is 0 Å². The summed E-state index contributed by atoms with van der Waals surface area (Å²) in [4.78, 5) is 0. The van der Waals surface area contributed by atoms with E-state index in [1.807, 2.05) is 0 Å². The first-order valence-corrected chi connectivity index (χ1v) is 7.90. The van der Waals surface area contributed by atoms with Crippen molar-refractivity contribution in [2.75, 3.05) is 5.33 Å². The number of unbranched alkanes of at least 4 members (excludes halogenated alkanes) is 4. The molecule has 0 radical (unpaired) electrons. The third-order valence-electron chi connectivity index (χ3n) is 3.53. The van der Waals surface area contributed by atoms with Crippen LogP contribution in [0.4, 0.5) is 0 Å². The van der Waals surface area contributed by atoms with E-state index in [4.69, 9.17) is 0 Å². The van der Waals surface area contributed by atoms with Gasteiger partial charge < -0.3 is 0 Å². The second kappa shape index (κ2) is 11.0. The number of hydrogen-bond acceptors (Lipinski definition) is 0. The molecule has 0 aliphatic rings. The monoisotopic (exact) mass is 276 g/mol. The van der Waals surface area contributed by atoms with Gasteiger partial charge in [0.1, 0.15) is 0 Å². The molecule has 0 saturated carbocycles. The van der Waals surface area contributed by atoms with Gasteiger partial charge >= 0.3 is 0 Å². The van der Waals surface area contributed by atoms with Crippen LogP contribution >= 0.6 is 15.9 Å². The van der Waals surface area contributed by atoms with E-state index < -0.39 is 0 Å². The van der Waals surface area contributed by atoms with Gasteiger partial charge in [-0.25, -0.2) is 0 Å². The number of halogens is 1. The van der Waals surface area contributed by atoms with Crippen molar-refractivity contribution >= 4 is 15.9 Å². The lowest BCUT2D eigenvalue weighted by atomic mass is 9.87. The second-order valence-electron chi connectivity index (χ2n) is 4.99. The summed E-state index contributed by atoms with van der Waals surface area (Å²) >= 11 is 3.49. The van der Waals surface area contributed by atoms with Crippen LogP contribution in [0.5, 0.6) is 0 Å². The van der Waals surface area contributed by atoms with E-state index >= 15 is 0 Å². The molecule has 0 spiro atoms. The van der Waals surface area contributed by atoms with E-state index in [0.29, 0.717) is 0 Å². The molecule has 0 aliphatic heterocycles. The fraction of sp³-hybridized carbons (Fsp3) is 1.00. The summed E-state index contributed by atoms with van der Waals surface area (Å²) in [6, 6.07) is 0. The molecule has 0 fully saturated rings. The van der Waals surface area contributed by atoms with Crippen LogP contribution in [-0.2, 0) is 0 Å². The standard InChI is InChI=1S/C14H29Br/c1-4-5-7-10-13(2)14(3)11-8-6-9-12-15/h13-14H,4-12H2,1-3H3. The first-order valence-electron chi connectivity index (χ1n) is 6.78. The highest BCUT2D eigenvalue weighted by molar-refractivity contribution is 9.09. The SMILES string of the molecule is CCCCCC(C)C(C)CCCCCBr. The molecule has 15 heavy (non-hydrogen) atoms. The molecule has 0 N–H and O–H groups in total. The summed E-state index contributed by atoms with van der Waals surface area (Å²) in [5, 5.41) is 1.17. The molecule has 0 aromatic heterocycles. The molecule has 2 unspecified atom stereocenters. The van der Waals surface area contributed by atoms with Gasteiger partial charge in [0.05, 0.1) is 0 Å². The van der Waals surface area contributed by atoms with Crippen molar-refractivity contribution in [3.63, 3.8) is 0 Å². The van der Waals surface area contributed by atoms with Gasteiger partial charge in [0.25, 0.3) is 0 Å². The Labute approximate surface area is 105 Å². The van der Waals surface area contributed by atoms with E-state index in [1.54, 1.807) is 0 Å². The third kappa shape index (κ3) is 9.41. The number of alkyl halides is 1. The van der Waals surface area contributed by atoms with Gasteiger partial charge in [-0.05, 0) is 18.3 Å². The maximum atomic E-state index is 3.49. The van der Waals surface area contributed by atoms with Crippen LogP contribution in [0.25, 0.3) is 0 Å². The maximum absolute atomic E-state index is 3.49. The average Bonchev–Trinajstić information content (AvgIpc) is 2.24. The molecule has 0 aromatic rings. The van der Waals surface area contributed by atoms with Crippen molar-refractivity contribution in [2.45, 2.75) is 72.1 Å². The van der Waals surface area contributed by atoms with Crippen molar-refractivity contribution in [1.82, 2.24) is 0 Å². The van der Waals surface area contributed by atoms with Gasteiger partial charge in [-0.2, -0.15) is 0 Å². The van der Waals surface area contributed by atoms with Crippen molar-refractivity contribution in [3.8, 4) is 0 Å². The lowest BCUT2D eigenvalue weighted by Gasteiger charge is -2.19. The Bertz CT molecular complexity index is 123. The van der Waals surface area contributed by atoms with Gasteiger partial charge in [0.15, 0.2) is 0 Å². The van der Waals surface area contributed by atoms with Crippen molar-refractivity contribution in [2.24, 2.45) is 11.8 Å². The first kappa shape index (κ1) is 15.5. The largest absolute Gasteiger partial charge is 0.0928 e. The zero-order chi connectivity index (χ0) is 11.5. The molecule has 0 aromatic carbocycles. The van der Waals surface area contributed by atoms with Gasteiger partial charge in [0.2, 0.25) is 0 Å². The molecule has 0 heterocycles. The minimum Gasteiger partial charge on any atom is -0.0928 e. The molecular weight excluding hydrogens is 248 g/mol. The summed E-state index contributed by atoms with van der Waals surface area (Å²) in [7, 11) is 0. The van der Waals surface area contributed by atoms with E-state index in [0.717, 1.165) is 11.8 Å². The minimum atomic E-state index is 0.928. The maximum Gasteiger partial charge on any atom is 0.00313 e. The summed E-state index contributed by atoms with van der Waals surface area (Å²) < 4.78 is 0. The van der Waals surface area contributed by atoms with Gasteiger partial charge in [-0.3, -0.25) is 0 Å². The third-order valence-corrected chi connectivity index (χ3v) is 4.09. The molecule has 0 bridgehead atoms. The molecule has 0 saturated heterocycles. The van der Waals surface area contributed by atoms with Crippen LogP contribution in [0, 0.1) is 11.8 Å². The molecule has 0 rings (SSSR count). The smallest absolute Gasteiger partial charge is 0.00313 e. The van der Waals surface area contributed by atoms with Crippen LogP contribution in [0.3, 0.4) is 0 Å². The Morgan fingerprint density at radius 1 is 0.800 bits per heavy atom. The fourth-order valence-electron chi connectivity index (χ4n) is 2.02. The molecule has 92 valence electrons. The predicted octanol–water partition coefficient (Wildman–Crippen LogP) is 5.79. The Morgan fingerprint density at radius 2 is 1.33 bits per heavy atom. The average molecular weight is 277 g/mol. The summed E-state index contributed by atoms with van der Waals surface area (Å²) in [6.45, 7) is 7.16. The molecule has 0 amide bonds. The highest BCUT2D eigenvalue weighted by Gasteiger charge is 2.10. The van der Waals surface area contributed by atoms with Gasteiger partial charge in [-0.1, -0.05) is 81.6 Å². The number of hydrogen-bond donors (Lipinski definition) is 0. The molecule has 0 nitrogen and oxygen atoms in total. The predicted molar refractivity (Wildman–Crippen MR) is 74.7 cm³/mol. The van der Waals surface area contributed by atoms with Crippen LogP contribution in [0.1, 0.15) is 72.1 Å². The van der Waals surface area contributed by atoms with E-state index in [2.05, 4.69) is 36.7 Å². The first-order chi connectivity index (χ1) is 7.22. The summed E-state index contributed by atoms with van der Waals surface area (Å²) in [6.07, 6.45) is 11.2. The molecule has 0 aliphatic carbocycles. The highest BCUT2D eigenvalue weighted by atomic mass is 79.9. The lowest BCUT2D eigenvalue weighted by Crippen LogP contribution is -2.08. The molecule has 2 atom stereocenters. The quantitative estimate of drug-likeness (QED) is 0.350. The second-order valence-corrected chi connectivity index (χ2v) is 5.78. The molecule has 1 heteroatoms. The van der Waals surface area contributed by atoms with Gasteiger partial charge in [-0.15, -0.1) is 0 Å². The van der Waals surface area contributed by atoms with Crippen molar-refractivity contribution < 1.29 is 0 Å². The topological polar surface area (TPSA) is 0 Å². The van der Waals surface area contributed by atoms with Crippen LogP contribution in [0.15, 0.2) is 0 Å². The molecular formula is C14H29Br. The highest BCUT2D eigenvalue weighted by Crippen LogP contribution is 2.23. The normalized spacial score (nSPS) is 15.2. The minimum absolute atomic E-state index is 0.928.